The maximum Gasteiger partial charge on any atom is 0.269 e. The second-order valence-corrected chi connectivity index (χ2v) is 7.42. The molecule has 0 N–H and O–H groups in total. The molecule has 3 aromatic carbocycles. The van der Waals surface area contributed by atoms with Crippen molar-refractivity contribution in [2.75, 3.05) is 0 Å². The van der Waals surface area contributed by atoms with E-state index in [2.05, 4.69) is 0 Å². The van der Waals surface area contributed by atoms with Crippen molar-refractivity contribution in [1.29, 1.82) is 0 Å². The Labute approximate surface area is 177 Å². The summed E-state index contributed by atoms with van der Waals surface area (Å²) in [4.78, 5) is 15.4. The molecule has 1 aliphatic heterocycles. The van der Waals surface area contributed by atoms with E-state index in [1.54, 1.807) is 16.8 Å². The van der Waals surface area contributed by atoms with Crippen molar-refractivity contribution in [2.45, 2.75) is 6.42 Å². The van der Waals surface area contributed by atoms with Crippen molar-refractivity contribution in [1.82, 2.24) is 9.66 Å². The third-order valence-corrected chi connectivity index (χ3v) is 5.30. The summed E-state index contributed by atoms with van der Waals surface area (Å²) in [7, 11) is 0. The van der Waals surface area contributed by atoms with E-state index in [1.165, 1.54) is 12.1 Å². The number of imidazole rings is 1. The van der Waals surface area contributed by atoms with Gasteiger partial charge >= 0.3 is 0 Å². The van der Waals surface area contributed by atoms with Crippen molar-refractivity contribution in [2.24, 2.45) is 5.10 Å². The largest absolute Gasteiger partial charge is 0.269 e. The number of fused-ring (bicyclic) bond motifs is 2. The van der Waals surface area contributed by atoms with Gasteiger partial charge in [0.05, 0.1) is 22.5 Å². The van der Waals surface area contributed by atoms with E-state index in [4.69, 9.17) is 21.7 Å². The van der Waals surface area contributed by atoms with Crippen LogP contribution in [0.2, 0.25) is 5.02 Å². The van der Waals surface area contributed by atoms with Crippen molar-refractivity contribution in [3.05, 3.63) is 117 Å². The Bertz CT molecular complexity index is 1290. The van der Waals surface area contributed by atoms with Crippen LogP contribution in [0.1, 0.15) is 22.5 Å². The van der Waals surface area contributed by atoms with Crippen molar-refractivity contribution in [3.8, 4) is 11.3 Å². The first-order valence-electron chi connectivity index (χ1n) is 9.35. The summed E-state index contributed by atoms with van der Waals surface area (Å²) in [6.45, 7) is 0. The number of aromatic nitrogens is 2. The zero-order valence-electron chi connectivity index (χ0n) is 15.7. The minimum Gasteiger partial charge on any atom is -0.258 e. The molecule has 146 valence electrons. The van der Waals surface area contributed by atoms with Crippen molar-refractivity contribution >= 4 is 23.0 Å². The summed E-state index contributed by atoms with van der Waals surface area (Å²) < 4.78 is 1.78. The van der Waals surface area contributed by atoms with Crippen LogP contribution in [0.5, 0.6) is 0 Å². The van der Waals surface area contributed by atoms with Crippen LogP contribution in [0.3, 0.4) is 0 Å². The highest BCUT2D eigenvalue weighted by molar-refractivity contribution is 6.31. The molecule has 1 aliphatic rings. The number of benzene rings is 3. The predicted molar refractivity (Wildman–Crippen MR) is 116 cm³/mol. The van der Waals surface area contributed by atoms with Gasteiger partial charge in [0.1, 0.15) is 5.82 Å². The van der Waals surface area contributed by atoms with Gasteiger partial charge in [0.15, 0.2) is 0 Å². The summed E-state index contributed by atoms with van der Waals surface area (Å²) in [6, 6.07) is 22.0. The average Bonchev–Trinajstić information content (AvgIpc) is 3.10. The zero-order chi connectivity index (χ0) is 20.7. The van der Waals surface area contributed by atoms with Crippen molar-refractivity contribution < 1.29 is 4.92 Å². The molecule has 30 heavy (non-hydrogen) atoms. The molecule has 5 rings (SSSR count). The third kappa shape index (κ3) is 3.27. The Morgan fingerprint density at radius 2 is 1.73 bits per heavy atom. The number of nitro groups is 1. The fourth-order valence-electron chi connectivity index (χ4n) is 3.57. The second-order valence-electron chi connectivity index (χ2n) is 6.98. The maximum atomic E-state index is 11.0. The van der Waals surface area contributed by atoms with E-state index >= 15 is 0 Å². The number of nitro benzene ring substituents is 1. The van der Waals surface area contributed by atoms with E-state index in [0.29, 0.717) is 17.2 Å². The van der Waals surface area contributed by atoms with Gasteiger partial charge in [-0.1, -0.05) is 48.0 Å². The fourth-order valence-corrected chi connectivity index (χ4v) is 3.75. The Hall–Kier alpha value is -3.77. The summed E-state index contributed by atoms with van der Waals surface area (Å²) in [6.07, 6.45) is 2.50. The molecule has 0 fully saturated rings. The molecule has 0 unspecified atom stereocenters. The van der Waals surface area contributed by atoms with Gasteiger partial charge in [-0.25, -0.2) is 9.66 Å². The van der Waals surface area contributed by atoms with Gasteiger partial charge in [0.25, 0.3) is 5.69 Å². The Morgan fingerprint density at radius 1 is 0.967 bits per heavy atom. The first-order chi connectivity index (χ1) is 14.6. The van der Waals surface area contributed by atoms with Gasteiger partial charge in [0, 0.05) is 40.3 Å². The molecule has 0 bridgehead atoms. The number of nitrogens with zero attached hydrogens (tertiary/aromatic N) is 4. The van der Waals surface area contributed by atoms with Gasteiger partial charge in [-0.05, 0) is 29.8 Å². The number of halogens is 1. The lowest BCUT2D eigenvalue weighted by molar-refractivity contribution is -0.384. The molecule has 0 spiro atoms. The number of rotatable bonds is 3. The van der Waals surface area contributed by atoms with Crippen LogP contribution in [0, 0.1) is 10.1 Å². The summed E-state index contributed by atoms with van der Waals surface area (Å²) in [5, 5.41) is 16.5. The topological polar surface area (TPSA) is 73.3 Å². The van der Waals surface area contributed by atoms with Crippen LogP contribution in [-0.4, -0.2) is 20.3 Å². The lowest BCUT2D eigenvalue weighted by Crippen LogP contribution is -2.07. The first kappa shape index (κ1) is 18.3. The van der Waals surface area contributed by atoms with E-state index in [0.717, 1.165) is 33.8 Å². The Balaban J connectivity index is 1.68. The van der Waals surface area contributed by atoms with Crippen LogP contribution >= 0.6 is 11.6 Å². The van der Waals surface area contributed by atoms with Gasteiger partial charge in [-0.3, -0.25) is 10.1 Å². The molecule has 0 radical (unpaired) electrons. The molecule has 0 amide bonds. The normalized spacial score (nSPS) is 12.5. The lowest BCUT2D eigenvalue weighted by Gasteiger charge is -2.10. The third-order valence-electron chi connectivity index (χ3n) is 5.06. The summed E-state index contributed by atoms with van der Waals surface area (Å²) >= 11 is 6.27. The highest BCUT2D eigenvalue weighted by atomic mass is 35.5. The number of hydrogen-bond acceptors (Lipinski definition) is 4. The minimum atomic E-state index is -0.413. The van der Waals surface area contributed by atoms with Crippen LogP contribution in [-0.2, 0) is 6.42 Å². The Morgan fingerprint density at radius 3 is 2.47 bits per heavy atom. The monoisotopic (exact) mass is 414 g/mol. The average molecular weight is 415 g/mol. The maximum absolute atomic E-state index is 11.0. The molecule has 0 saturated carbocycles. The SMILES string of the molecule is O=[N+]([O-])c1ccc(C2=Nn3cc(-c4ccccc4)nc3Cc3ccc(Cl)cc32)cc1. The van der Waals surface area contributed by atoms with Crippen LogP contribution in [0.25, 0.3) is 11.3 Å². The van der Waals surface area contributed by atoms with Crippen LogP contribution in [0.4, 0.5) is 5.69 Å². The molecule has 7 heteroatoms. The highest BCUT2D eigenvalue weighted by Crippen LogP contribution is 2.28. The van der Waals surface area contributed by atoms with Crippen molar-refractivity contribution in [3.63, 3.8) is 0 Å². The van der Waals surface area contributed by atoms with E-state index in [-0.39, 0.29) is 5.69 Å². The smallest absolute Gasteiger partial charge is 0.258 e. The second kappa shape index (κ2) is 7.24. The zero-order valence-corrected chi connectivity index (χ0v) is 16.5. The Kier molecular flexibility index (Phi) is 4.41. The fraction of sp³-hybridized carbons (Fsp3) is 0.0435. The molecule has 0 saturated heterocycles. The molecule has 0 atom stereocenters. The molecule has 6 nitrogen and oxygen atoms in total. The summed E-state index contributed by atoms with van der Waals surface area (Å²) in [5.41, 5.74) is 5.29. The van der Waals surface area contributed by atoms with Gasteiger partial charge in [0.2, 0.25) is 0 Å². The first-order valence-corrected chi connectivity index (χ1v) is 9.72. The van der Waals surface area contributed by atoms with E-state index < -0.39 is 4.92 Å². The van der Waals surface area contributed by atoms with Gasteiger partial charge < -0.3 is 0 Å². The van der Waals surface area contributed by atoms with Crippen LogP contribution in [0.15, 0.2) is 84.1 Å². The minimum absolute atomic E-state index is 0.0361. The number of non-ortho nitro benzene ring substituents is 1. The lowest BCUT2D eigenvalue weighted by atomic mass is 9.96. The molecule has 2 heterocycles. The van der Waals surface area contributed by atoms with Crippen LogP contribution < -0.4 is 0 Å². The standard InChI is InChI=1S/C23H15ClN4O2/c24-18-9-6-17-12-22-25-21(15-4-2-1-3-5-15)14-27(22)26-23(20(17)13-18)16-7-10-19(11-8-16)28(29)30/h1-11,13-14H,12H2. The summed E-state index contributed by atoms with van der Waals surface area (Å²) in [5.74, 6) is 0.814. The quantitative estimate of drug-likeness (QED) is 0.296. The molecule has 0 aliphatic carbocycles. The van der Waals surface area contributed by atoms with Gasteiger partial charge in [-0.15, -0.1) is 0 Å². The predicted octanol–water partition coefficient (Wildman–Crippen LogP) is 5.32. The van der Waals surface area contributed by atoms with E-state index in [1.807, 2.05) is 54.7 Å². The van der Waals surface area contributed by atoms with E-state index in [9.17, 15) is 10.1 Å². The highest BCUT2D eigenvalue weighted by Gasteiger charge is 2.21. The van der Waals surface area contributed by atoms with Gasteiger partial charge in [-0.2, -0.15) is 5.10 Å². The molecular weight excluding hydrogens is 400 g/mol. The number of hydrogen-bond donors (Lipinski definition) is 0. The molecular formula is C23H15ClN4O2. The molecule has 4 aromatic rings. The molecule has 1 aromatic heterocycles.